The number of fused-ring (bicyclic) bond motifs is 4. The van der Waals surface area contributed by atoms with Crippen molar-refractivity contribution in [2.45, 2.75) is 25.4 Å². The second-order valence-electron chi connectivity index (χ2n) is 7.06. The number of methoxy groups -OCH3 is 2. The number of rotatable bonds is 3. The Hall–Kier alpha value is -2.05. The van der Waals surface area contributed by atoms with Crippen LogP contribution in [0.3, 0.4) is 0 Å². The van der Waals surface area contributed by atoms with Gasteiger partial charge in [-0.2, -0.15) is 0 Å². The summed E-state index contributed by atoms with van der Waals surface area (Å²) in [5.74, 6) is 1.94. The molecule has 1 atom stereocenters. The van der Waals surface area contributed by atoms with Crippen molar-refractivity contribution in [3.05, 3.63) is 44.6 Å². The molecule has 0 radical (unpaired) electrons. The van der Waals surface area contributed by atoms with Crippen LogP contribution in [0.2, 0.25) is 0 Å². The van der Waals surface area contributed by atoms with Crippen LogP contribution in [0.1, 0.15) is 37.3 Å². The van der Waals surface area contributed by atoms with Crippen molar-refractivity contribution in [2.75, 3.05) is 34.9 Å². The smallest absolute Gasteiger partial charge is 0.263 e. The van der Waals surface area contributed by atoms with E-state index in [-0.39, 0.29) is 5.91 Å². The molecule has 0 bridgehead atoms. The molecule has 0 saturated carbocycles. The molecule has 138 valence electrons. The molecule has 0 saturated heterocycles. The van der Waals surface area contributed by atoms with Gasteiger partial charge in [0.1, 0.15) is 11.5 Å². The third-order valence-electron chi connectivity index (χ3n) is 5.43. The molecular weight excluding hydrogens is 348 g/mol. The molecule has 1 aromatic carbocycles. The van der Waals surface area contributed by atoms with Crippen LogP contribution in [0.5, 0.6) is 11.5 Å². The summed E-state index contributed by atoms with van der Waals surface area (Å²) < 4.78 is 11.2. The Kier molecular flexibility index (Phi) is 4.40. The van der Waals surface area contributed by atoms with Gasteiger partial charge in [-0.1, -0.05) is 0 Å². The van der Waals surface area contributed by atoms with Gasteiger partial charge in [0.05, 0.1) is 19.1 Å². The van der Waals surface area contributed by atoms with Gasteiger partial charge < -0.3 is 14.4 Å². The number of thiophene rings is 1. The molecule has 1 amide bonds. The van der Waals surface area contributed by atoms with E-state index in [9.17, 15) is 4.79 Å². The van der Waals surface area contributed by atoms with Crippen LogP contribution in [0, 0.1) is 0 Å². The maximum atomic E-state index is 12.4. The fourth-order valence-corrected chi connectivity index (χ4v) is 5.33. The van der Waals surface area contributed by atoms with Crippen molar-refractivity contribution < 1.29 is 14.3 Å². The van der Waals surface area contributed by atoms with E-state index < -0.39 is 0 Å². The van der Waals surface area contributed by atoms with Gasteiger partial charge in [-0.3, -0.25) is 9.69 Å². The van der Waals surface area contributed by atoms with Gasteiger partial charge in [0, 0.05) is 49.2 Å². The van der Waals surface area contributed by atoms with Gasteiger partial charge in [-0.15, -0.1) is 11.3 Å². The van der Waals surface area contributed by atoms with E-state index in [2.05, 4.69) is 11.0 Å². The summed E-state index contributed by atoms with van der Waals surface area (Å²) >= 11 is 1.65. The Morgan fingerprint density at radius 1 is 1.19 bits per heavy atom. The molecule has 6 heteroatoms. The minimum absolute atomic E-state index is 0.0893. The van der Waals surface area contributed by atoms with Crippen molar-refractivity contribution in [1.29, 1.82) is 0 Å². The van der Waals surface area contributed by atoms with Gasteiger partial charge >= 0.3 is 0 Å². The lowest BCUT2D eigenvalue weighted by Crippen LogP contribution is -2.39. The number of hydrogen-bond acceptors (Lipinski definition) is 5. The number of amides is 1. The van der Waals surface area contributed by atoms with Crippen LogP contribution in [-0.4, -0.2) is 50.6 Å². The maximum Gasteiger partial charge on any atom is 0.263 e. The zero-order valence-corrected chi connectivity index (χ0v) is 16.5. The molecule has 0 fully saturated rings. The summed E-state index contributed by atoms with van der Waals surface area (Å²) in [6.07, 6.45) is 1.88. The largest absolute Gasteiger partial charge is 0.496 e. The molecule has 0 spiro atoms. The van der Waals surface area contributed by atoms with E-state index in [1.807, 2.05) is 12.1 Å². The molecule has 1 aromatic heterocycles. The minimum Gasteiger partial charge on any atom is -0.496 e. The van der Waals surface area contributed by atoms with Crippen LogP contribution in [0.4, 0.5) is 0 Å². The first-order chi connectivity index (χ1) is 12.5. The van der Waals surface area contributed by atoms with Crippen LogP contribution in [0.15, 0.2) is 18.2 Å². The topological polar surface area (TPSA) is 42.0 Å². The van der Waals surface area contributed by atoms with Crippen molar-refractivity contribution in [3.8, 4) is 11.5 Å². The van der Waals surface area contributed by atoms with Crippen LogP contribution < -0.4 is 9.47 Å². The molecule has 0 aliphatic carbocycles. The van der Waals surface area contributed by atoms with E-state index in [4.69, 9.17) is 9.47 Å². The highest BCUT2D eigenvalue weighted by Gasteiger charge is 2.36. The highest BCUT2D eigenvalue weighted by molar-refractivity contribution is 7.14. The predicted molar refractivity (Wildman–Crippen MR) is 102 cm³/mol. The molecule has 2 aromatic rings. The summed E-state index contributed by atoms with van der Waals surface area (Å²) in [5.41, 5.74) is 3.76. The lowest BCUT2D eigenvalue weighted by atomic mass is 9.86. The quantitative estimate of drug-likeness (QED) is 0.830. The second kappa shape index (κ2) is 6.59. The van der Waals surface area contributed by atoms with Gasteiger partial charge in [0.15, 0.2) is 0 Å². The summed E-state index contributed by atoms with van der Waals surface area (Å²) in [7, 11) is 7.06. The van der Waals surface area contributed by atoms with Crippen LogP contribution in [-0.2, 0) is 19.4 Å². The average Bonchev–Trinajstić information content (AvgIpc) is 3.09. The average molecular weight is 372 g/mol. The SMILES string of the molecule is COc1ccc(OC)c2c1CC1c3cc(C(=O)N(C)C)sc3CCN1C2. The molecule has 3 heterocycles. The highest BCUT2D eigenvalue weighted by atomic mass is 32.1. The van der Waals surface area contributed by atoms with Crippen LogP contribution >= 0.6 is 11.3 Å². The molecule has 2 aliphatic rings. The fourth-order valence-electron chi connectivity index (χ4n) is 4.10. The number of carbonyl (C=O) groups is 1. The lowest BCUT2D eigenvalue weighted by molar-refractivity contribution is 0.0832. The molecule has 4 rings (SSSR count). The monoisotopic (exact) mass is 372 g/mol. The minimum atomic E-state index is 0.0893. The molecule has 1 unspecified atom stereocenters. The third kappa shape index (κ3) is 2.68. The third-order valence-corrected chi connectivity index (χ3v) is 6.63. The van der Waals surface area contributed by atoms with Crippen molar-refractivity contribution in [2.24, 2.45) is 0 Å². The Bertz CT molecular complexity index is 859. The first-order valence-electron chi connectivity index (χ1n) is 8.84. The van der Waals surface area contributed by atoms with Crippen molar-refractivity contribution in [3.63, 3.8) is 0 Å². The summed E-state index contributed by atoms with van der Waals surface area (Å²) in [4.78, 5) is 18.7. The highest BCUT2D eigenvalue weighted by Crippen LogP contribution is 2.45. The summed E-state index contributed by atoms with van der Waals surface area (Å²) in [6.45, 7) is 1.86. The van der Waals surface area contributed by atoms with E-state index in [0.717, 1.165) is 42.3 Å². The first-order valence-corrected chi connectivity index (χ1v) is 9.66. The van der Waals surface area contributed by atoms with E-state index in [1.54, 1.807) is 44.6 Å². The van der Waals surface area contributed by atoms with E-state index in [0.29, 0.717) is 6.04 Å². The Balaban J connectivity index is 1.75. The number of hydrogen-bond donors (Lipinski definition) is 0. The number of ether oxygens (including phenoxy) is 2. The van der Waals surface area contributed by atoms with Gasteiger partial charge in [-0.25, -0.2) is 0 Å². The van der Waals surface area contributed by atoms with Gasteiger partial charge in [-0.05, 0) is 36.6 Å². The van der Waals surface area contributed by atoms with E-state index in [1.165, 1.54) is 21.6 Å². The molecule has 0 N–H and O–H groups in total. The predicted octanol–water partition coefficient (Wildman–Crippen LogP) is 3.12. The first kappa shape index (κ1) is 17.4. The summed E-state index contributed by atoms with van der Waals surface area (Å²) in [5, 5.41) is 0. The summed E-state index contributed by atoms with van der Waals surface area (Å²) in [6, 6.07) is 6.39. The molecule has 5 nitrogen and oxygen atoms in total. The van der Waals surface area contributed by atoms with Gasteiger partial charge in [0.2, 0.25) is 0 Å². The number of benzene rings is 1. The Labute approximate surface area is 158 Å². The Morgan fingerprint density at radius 2 is 1.88 bits per heavy atom. The maximum absolute atomic E-state index is 12.4. The molecule has 26 heavy (non-hydrogen) atoms. The Morgan fingerprint density at radius 3 is 2.54 bits per heavy atom. The molecule has 2 aliphatic heterocycles. The zero-order valence-electron chi connectivity index (χ0n) is 15.7. The fraction of sp³-hybridized carbons (Fsp3) is 0.450. The number of carbonyl (C=O) groups excluding carboxylic acids is 1. The molecular formula is C20H24N2O3S. The van der Waals surface area contributed by atoms with Crippen LogP contribution in [0.25, 0.3) is 0 Å². The lowest BCUT2D eigenvalue weighted by Gasteiger charge is -2.41. The van der Waals surface area contributed by atoms with Crippen molar-refractivity contribution in [1.82, 2.24) is 9.80 Å². The zero-order chi connectivity index (χ0) is 18.4. The standard InChI is InChI=1S/C20H24N2O3S/c1-21(2)20(23)19-10-13-15-9-12-14(11-22(15)8-7-18(13)26-19)17(25-4)6-5-16(12)24-3/h5-6,10,15H,7-9,11H2,1-4H3. The van der Waals surface area contributed by atoms with Crippen molar-refractivity contribution >= 4 is 17.2 Å². The van der Waals surface area contributed by atoms with Gasteiger partial charge in [0.25, 0.3) is 5.91 Å². The van der Waals surface area contributed by atoms with E-state index >= 15 is 0 Å². The second-order valence-corrected chi connectivity index (χ2v) is 8.19. The normalized spacial score (nSPS) is 18.5. The number of nitrogens with zero attached hydrogens (tertiary/aromatic N) is 2.